The highest BCUT2D eigenvalue weighted by Gasteiger charge is 2.10. The summed E-state index contributed by atoms with van der Waals surface area (Å²) >= 11 is 3.21. The van der Waals surface area contributed by atoms with Gasteiger partial charge in [0.05, 0.1) is 4.83 Å². The molecule has 0 spiro atoms. The summed E-state index contributed by atoms with van der Waals surface area (Å²) in [6, 6.07) is 0. The van der Waals surface area contributed by atoms with Gasteiger partial charge in [-0.3, -0.25) is 4.79 Å². The molecular formula is C10H13BrO. The lowest BCUT2D eigenvalue weighted by atomic mass is 10.1. The third kappa shape index (κ3) is 3.67. The number of carbonyl (C=O) groups excluding carboxylic acids is 1. The van der Waals surface area contributed by atoms with Crippen molar-refractivity contribution in [2.45, 2.75) is 18.7 Å². The van der Waals surface area contributed by atoms with E-state index in [-0.39, 0.29) is 10.6 Å². The Morgan fingerprint density at radius 1 is 1.58 bits per heavy atom. The number of hydrogen-bond donors (Lipinski definition) is 0. The van der Waals surface area contributed by atoms with E-state index >= 15 is 0 Å². The Labute approximate surface area is 82.0 Å². The molecule has 0 saturated heterocycles. The molecule has 0 aromatic heterocycles. The minimum absolute atomic E-state index is 0.0584. The standard InChI is InChI=1S/C10H13BrO/c1-4-6-7-9(5-2)10(12)8(3)11/h4-8H,2H2,1,3H3/b6-4-,9-7+. The summed E-state index contributed by atoms with van der Waals surface area (Å²) in [6.07, 6.45) is 7.02. The summed E-state index contributed by atoms with van der Waals surface area (Å²) in [4.78, 5) is 11.2. The Morgan fingerprint density at radius 3 is 2.50 bits per heavy atom. The molecule has 0 saturated carbocycles. The fraction of sp³-hybridized carbons (Fsp3) is 0.300. The highest BCUT2D eigenvalue weighted by molar-refractivity contribution is 9.10. The summed E-state index contributed by atoms with van der Waals surface area (Å²) in [5.41, 5.74) is 0.637. The van der Waals surface area contributed by atoms with E-state index < -0.39 is 0 Å². The molecule has 0 aliphatic rings. The molecule has 0 radical (unpaired) electrons. The molecule has 0 heterocycles. The number of Topliss-reactive ketones (excluding diaryl/α,β-unsaturated/α-hetero) is 1. The Bertz CT molecular complexity index is 224. The Morgan fingerprint density at radius 2 is 2.17 bits per heavy atom. The SMILES string of the molecule is C=C/C(=C\C=C/C)C(=O)C(C)Br. The van der Waals surface area contributed by atoms with Crippen molar-refractivity contribution in [1.82, 2.24) is 0 Å². The van der Waals surface area contributed by atoms with Gasteiger partial charge < -0.3 is 0 Å². The maximum absolute atomic E-state index is 11.4. The number of halogens is 1. The minimum atomic E-state index is -0.146. The van der Waals surface area contributed by atoms with Gasteiger partial charge in [-0.1, -0.05) is 46.8 Å². The lowest BCUT2D eigenvalue weighted by molar-refractivity contribution is -0.114. The van der Waals surface area contributed by atoms with Crippen molar-refractivity contribution in [1.29, 1.82) is 0 Å². The summed E-state index contributed by atoms with van der Waals surface area (Å²) in [5, 5.41) is 0. The topological polar surface area (TPSA) is 17.1 Å². The van der Waals surface area contributed by atoms with Crippen LogP contribution in [0.2, 0.25) is 0 Å². The molecule has 12 heavy (non-hydrogen) atoms. The Hall–Kier alpha value is -0.630. The summed E-state index contributed by atoms with van der Waals surface area (Å²) in [6.45, 7) is 7.28. The molecule has 0 aliphatic heterocycles. The van der Waals surface area contributed by atoms with E-state index in [1.165, 1.54) is 0 Å². The van der Waals surface area contributed by atoms with Gasteiger partial charge in [0.25, 0.3) is 0 Å². The first-order valence-electron chi connectivity index (χ1n) is 3.77. The van der Waals surface area contributed by atoms with Crippen molar-refractivity contribution in [2.24, 2.45) is 0 Å². The molecule has 1 nitrogen and oxygen atoms in total. The van der Waals surface area contributed by atoms with Gasteiger partial charge in [0.15, 0.2) is 5.78 Å². The average molecular weight is 229 g/mol. The lowest BCUT2D eigenvalue weighted by Gasteiger charge is -2.01. The van der Waals surface area contributed by atoms with Crippen LogP contribution in [0, 0.1) is 0 Å². The predicted molar refractivity (Wildman–Crippen MR) is 56.5 cm³/mol. The molecule has 0 rings (SSSR count). The van der Waals surface area contributed by atoms with Gasteiger partial charge in [0.2, 0.25) is 0 Å². The average Bonchev–Trinajstić information content (AvgIpc) is 2.05. The highest BCUT2D eigenvalue weighted by atomic mass is 79.9. The zero-order valence-electron chi connectivity index (χ0n) is 7.38. The first-order chi connectivity index (χ1) is 5.63. The van der Waals surface area contributed by atoms with Gasteiger partial charge in [-0.25, -0.2) is 0 Å². The Kier molecular flexibility index (Phi) is 5.64. The number of ketones is 1. The van der Waals surface area contributed by atoms with Crippen LogP contribution in [0.15, 0.2) is 36.5 Å². The predicted octanol–water partition coefficient (Wildman–Crippen LogP) is 3.03. The van der Waals surface area contributed by atoms with Crippen LogP contribution in [0.4, 0.5) is 0 Å². The lowest BCUT2D eigenvalue weighted by Crippen LogP contribution is -2.10. The van der Waals surface area contributed by atoms with Crippen molar-refractivity contribution in [3.05, 3.63) is 36.5 Å². The van der Waals surface area contributed by atoms with Crippen LogP contribution in [-0.4, -0.2) is 10.6 Å². The van der Waals surface area contributed by atoms with Gasteiger partial charge in [0, 0.05) is 5.57 Å². The molecule has 66 valence electrons. The van der Waals surface area contributed by atoms with Crippen LogP contribution in [0.25, 0.3) is 0 Å². The van der Waals surface area contributed by atoms with Crippen LogP contribution in [0.3, 0.4) is 0 Å². The van der Waals surface area contributed by atoms with Crippen molar-refractivity contribution < 1.29 is 4.79 Å². The van der Waals surface area contributed by atoms with Crippen LogP contribution in [0.1, 0.15) is 13.8 Å². The molecule has 1 atom stereocenters. The Balaban J connectivity index is 4.56. The summed E-state index contributed by atoms with van der Waals surface area (Å²) < 4.78 is 0. The number of carbonyl (C=O) groups is 1. The number of hydrogen-bond acceptors (Lipinski definition) is 1. The van der Waals surface area contributed by atoms with E-state index in [0.29, 0.717) is 5.57 Å². The minimum Gasteiger partial charge on any atom is -0.293 e. The van der Waals surface area contributed by atoms with Crippen LogP contribution < -0.4 is 0 Å². The quantitative estimate of drug-likeness (QED) is 0.411. The van der Waals surface area contributed by atoms with Crippen LogP contribution in [-0.2, 0) is 4.79 Å². The third-order valence-electron chi connectivity index (χ3n) is 1.33. The first-order valence-corrected chi connectivity index (χ1v) is 4.68. The first kappa shape index (κ1) is 11.4. The molecule has 1 unspecified atom stereocenters. The van der Waals surface area contributed by atoms with E-state index in [1.807, 2.05) is 19.1 Å². The summed E-state index contributed by atoms with van der Waals surface area (Å²) in [7, 11) is 0. The second-order valence-corrected chi connectivity index (χ2v) is 3.71. The fourth-order valence-corrected chi connectivity index (χ4v) is 0.945. The maximum Gasteiger partial charge on any atom is 0.176 e. The number of rotatable bonds is 4. The zero-order chi connectivity index (χ0) is 9.56. The highest BCUT2D eigenvalue weighted by Crippen LogP contribution is 2.08. The molecule has 0 aliphatic carbocycles. The zero-order valence-corrected chi connectivity index (χ0v) is 8.97. The van der Waals surface area contributed by atoms with Gasteiger partial charge >= 0.3 is 0 Å². The molecule has 2 heteroatoms. The van der Waals surface area contributed by atoms with Gasteiger partial charge in [-0.2, -0.15) is 0 Å². The van der Waals surface area contributed by atoms with E-state index in [0.717, 1.165) is 0 Å². The fourth-order valence-electron chi connectivity index (χ4n) is 0.680. The van der Waals surface area contributed by atoms with Crippen molar-refractivity contribution in [3.63, 3.8) is 0 Å². The maximum atomic E-state index is 11.4. The molecule has 0 N–H and O–H groups in total. The molecule has 0 aromatic rings. The summed E-state index contributed by atoms with van der Waals surface area (Å²) in [5.74, 6) is 0.0584. The molecule has 0 bridgehead atoms. The number of alkyl halides is 1. The third-order valence-corrected chi connectivity index (χ3v) is 1.75. The van der Waals surface area contributed by atoms with E-state index in [9.17, 15) is 4.79 Å². The molecule has 0 aromatic carbocycles. The van der Waals surface area contributed by atoms with Crippen LogP contribution >= 0.6 is 15.9 Å². The normalized spacial score (nSPS) is 14.8. The van der Waals surface area contributed by atoms with E-state index in [2.05, 4.69) is 22.5 Å². The molecular weight excluding hydrogens is 216 g/mol. The van der Waals surface area contributed by atoms with Gasteiger partial charge in [-0.15, -0.1) is 0 Å². The van der Waals surface area contributed by atoms with Crippen molar-refractivity contribution in [3.8, 4) is 0 Å². The number of allylic oxidation sites excluding steroid dienone is 5. The van der Waals surface area contributed by atoms with Crippen molar-refractivity contribution in [2.75, 3.05) is 0 Å². The van der Waals surface area contributed by atoms with Gasteiger partial charge in [-0.05, 0) is 13.8 Å². The van der Waals surface area contributed by atoms with Gasteiger partial charge in [0.1, 0.15) is 0 Å². The second-order valence-electron chi connectivity index (χ2n) is 2.33. The van der Waals surface area contributed by atoms with E-state index in [4.69, 9.17) is 0 Å². The smallest absolute Gasteiger partial charge is 0.176 e. The van der Waals surface area contributed by atoms with Crippen LogP contribution in [0.5, 0.6) is 0 Å². The van der Waals surface area contributed by atoms with Crippen molar-refractivity contribution >= 4 is 21.7 Å². The monoisotopic (exact) mass is 228 g/mol. The largest absolute Gasteiger partial charge is 0.293 e. The molecule has 0 fully saturated rings. The van der Waals surface area contributed by atoms with E-state index in [1.54, 1.807) is 19.1 Å². The molecule has 0 amide bonds. The second kappa shape index (κ2) is 5.95.